The molecule has 178 valence electrons. The second kappa shape index (κ2) is 11.2. The highest BCUT2D eigenvalue weighted by atomic mass is 31.2. The lowest BCUT2D eigenvalue weighted by Gasteiger charge is -2.10. The van der Waals surface area contributed by atoms with E-state index in [2.05, 4.69) is 27.3 Å². The molecule has 4 aromatic rings. The lowest BCUT2D eigenvalue weighted by Crippen LogP contribution is -2.04. The predicted molar refractivity (Wildman–Crippen MR) is 131 cm³/mol. The number of rotatable bonds is 8. The number of benzene rings is 3. The van der Waals surface area contributed by atoms with E-state index in [-0.39, 0.29) is 18.6 Å². The quantitative estimate of drug-likeness (QED) is 0.281. The van der Waals surface area contributed by atoms with E-state index in [0.29, 0.717) is 18.8 Å². The zero-order chi connectivity index (χ0) is 24.7. The third-order valence-electron chi connectivity index (χ3n) is 5.07. The Kier molecular flexibility index (Phi) is 7.84. The van der Waals surface area contributed by atoms with Gasteiger partial charge in [-0.3, -0.25) is 4.57 Å². The molecule has 1 heterocycles. The van der Waals surface area contributed by atoms with Crippen molar-refractivity contribution in [1.29, 1.82) is 0 Å². The standard InChI is InChI=1S/C26H24FN4O3P/c1-2-34-35(32,33)19-23-11-9-22(10-12-23)18-31-29-26(28-30-31)24-8-4-7-21(17-24)6-3-5-20-13-15-25(27)16-14-20/h4,7-17H,2,5,18-19H2,1H3,(H,32,33). The van der Waals surface area contributed by atoms with Crippen LogP contribution in [0.15, 0.2) is 72.8 Å². The molecule has 0 saturated carbocycles. The van der Waals surface area contributed by atoms with Gasteiger partial charge in [0.2, 0.25) is 5.82 Å². The van der Waals surface area contributed by atoms with Crippen LogP contribution in [0.4, 0.5) is 4.39 Å². The first kappa shape index (κ1) is 24.5. The molecular weight excluding hydrogens is 466 g/mol. The first-order valence-corrected chi connectivity index (χ1v) is 12.8. The van der Waals surface area contributed by atoms with Gasteiger partial charge in [0, 0.05) is 17.5 Å². The second-order valence-electron chi connectivity index (χ2n) is 7.86. The van der Waals surface area contributed by atoms with Gasteiger partial charge in [0.15, 0.2) is 0 Å². The summed E-state index contributed by atoms with van der Waals surface area (Å²) >= 11 is 0. The molecule has 1 unspecified atom stereocenters. The minimum Gasteiger partial charge on any atom is -0.324 e. The maximum Gasteiger partial charge on any atom is 0.332 e. The van der Waals surface area contributed by atoms with Crippen molar-refractivity contribution < 1.29 is 18.4 Å². The number of halogens is 1. The number of hydrogen-bond acceptors (Lipinski definition) is 5. The summed E-state index contributed by atoms with van der Waals surface area (Å²) in [5.74, 6) is 6.45. The average Bonchev–Trinajstić information content (AvgIpc) is 3.30. The molecule has 3 aromatic carbocycles. The van der Waals surface area contributed by atoms with Crippen LogP contribution in [0.25, 0.3) is 11.4 Å². The van der Waals surface area contributed by atoms with Crippen molar-refractivity contribution in [2.45, 2.75) is 26.1 Å². The summed E-state index contributed by atoms with van der Waals surface area (Å²) in [6.45, 7) is 2.29. The summed E-state index contributed by atoms with van der Waals surface area (Å²) in [5, 5.41) is 12.8. The molecule has 4 rings (SSSR count). The van der Waals surface area contributed by atoms with Crippen LogP contribution in [0.2, 0.25) is 0 Å². The normalized spacial score (nSPS) is 12.5. The minimum absolute atomic E-state index is 0.0318. The van der Waals surface area contributed by atoms with Gasteiger partial charge in [-0.25, -0.2) is 4.39 Å². The van der Waals surface area contributed by atoms with Crippen LogP contribution in [0, 0.1) is 17.7 Å². The molecule has 1 aromatic heterocycles. The first-order chi connectivity index (χ1) is 16.9. The Morgan fingerprint density at radius 3 is 2.49 bits per heavy atom. The van der Waals surface area contributed by atoms with Crippen molar-refractivity contribution in [2.24, 2.45) is 0 Å². The zero-order valence-corrected chi connectivity index (χ0v) is 20.0. The van der Waals surface area contributed by atoms with E-state index in [1.165, 1.54) is 16.9 Å². The van der Waals surface area contributed by atoms with Gasteiger partial charge in [-0.15, -0.1) is 10.2 Å². The van der Waals surface area contributed by atoms with Crippen LogP contribution in [-0.2, 0) is 28.2 Å². The largest absolute Gasteiger partial charge is 0.332 e. The molecule has 35 heavy (non-hydrogen) atoms. The van der Waals surface area contributed by atoms with Crippen molar-refractivity contribution >= 4 is 7.60 Å². The molecule has 0 aliphatic heterocycles. The maximum atomic E-state index is 13.0. The highest BCUT2D eigenvalue weighted by molar-refractivity contribution is 7.51. The molecule has 0 aliphatic carbocycles. The zero-order valence-electron chi connectivity index (χ0n) is 19.1. The Balaban J connectivity index is 1.39. The van der Waals surface area contributed by atoms with E-state index < -0.39 is 7.60 Å². The second-order valence-corrected chi connectivity index (χ2v) is 9.71. The topological polar surface area (TPSA) is 90.1 Å². The maximum absolute atomic E-state index is 13.0. The van der Waals surface area contributed by atoms with Crippen molar-refractivity contribution in [2.75, 3.05) is 6.61 Å². The summed E-state index contributed by atoms with van der Waals surface area (Å²) < 4.78 is 29.9. The molecule has 0 bridgehead atoms. The smallest absolute Gasteiger partial charge is 0.324 e. The van der Waals surface area contributed by atoms with Crippen LogP contribution in [0.3, 0.4) is 0 Å². The van der Waals surface area contributed by atoms with E-state index >= 15 is 0 Å². The van der Waals surface area contributed by atoms with Crippen molar-refractivity contribution in [3.8, 4) is 23.2 Å². The van der Waals surface area contributed by atoms with E-state index in [1.54, 1.807) is 31.2 Å². The molecule has 0 aliphatic rings. The van der Waals surface area contributed by atoms with Gasteiger partial charge < -0.3 is 9.42 Å². The molecule has 0 amide bonds. The fourth-order valence-corrected chi connectivity index (χ4v) is 4.57. The summed E-state index contributed by atoms with van der Waals surface area (Å²) in [5.41, 5.74) is 4.23. The van der Waals surface area contributed by atoms with Crippen molar-refractivity contribution in [1.82, 2.24) is 20.2 Å². The molecular formula is C26H24FN4O3P. The van der Waals surface area contributed by atoms with Gasteiger partial charge >= 0.3 is 7.60 Å². The minimum atomic E-state index is -3.62. The molecule has 7 nitrogen and oxygen atoms in total. The monoisotopic (exact) mass is 490 g/mol. The number of nitrogens with zero attached hydrogens (tertiary/aromatic N) is 4. The third-order valence-corrected chi connectivity index (χ3v) is 6.50. The molecule has 9 heteroatoms. The molecule has 1 atom stereocenters. The highest BCUT2D eigenvalue weighted by Crippen LogP contribution is 2.45. The lowest BCUT2D eigenvalue weighted by molar-refractivity contribution is 0.272. The summed E-state index contributed by atoms with van der Waals surface area (Å²) in [7, 11) is -3.62. The van der Waals surface area contributed by atoms with Crippen LogP contribution in [0.5, 0.6) is 0 Å². The Morgan fingerprint density at radius 2 is 1.74 bits per heavy atom. The number of hydrogen-bond donors (Lipinski definition) is 1. The summed E-state index contributed by atoms with van der Waals surface area (Å²) in [6, 6.07) is 21.2. The number of aromatic nitrogens is 4. The van der Waals surface area contributed by atoms with Gasteiger partial charge in [0.25, 0.3) is 0 Å². The third kappa shape index (κ3) is 7.17. The predicted octanol–water partition coefficient (Wildman–Crippen LogP) is 4.84. The fraction of sp³-hybridized carbons (Fsp3) is 0.192. The van der Waals surface area contributed by atoms with Crippen molar-refractivity contribution in [3.05, 3.63) is 101 Å². The number of tetrazole rings is 1. The lowest BCUT2D eigenvalue weighted by atomic mass is 10.1. The first-order valence-electron chi connectivity index (χ1n) is 11.1. The van der Waals surface area contributed by atoms with E-state index in [0.717, 1.165) is 27.8 Å². The van der Waals surface area contributed by atoms with Crippen LogP contribution < -0.4 is 0 Å². The fourth-order valence-electron chi connectivity index (χ4n) is 3.40. The van der Waals surface area contributed by atoms with Gasteiger partial charge in [-0.1, -0.05) is 60.4 Å². The van der Waals surface area contributed by atoms with Gasteiger partial charge in [-0.2, -0.15) is 4.80 Å². The Labute approximate surface area is 203 Å². The van der Waals surface area contributed by atoms with Crippen LogP contribution in [-0.4, -0.2) is 31.7 Å². The molecule has 0 radical (unpaired) electrons. The Bertz CT molecular complexity index is 1390. The highest BCUT2D eigenvalue weighted by Gasteiger charge is 2.19. The van der Waals surface area contributed by atoms with Crippen LogP contribution in [0.1, 0.15) is 29.2 Å². The Hall–Kier alpha value is -3.63. The summed E-state index contributed by atoms with van der Waals surface area (Å²) in [6.07, 6.45) is 0.495. The molecule has 0 spiro atoms. The van der Waals surface area contributed by atoms with Crippen LogP contribution >= 0.6 is 7.60 Å². The van der Waals surface area contributed by atoms with E-state index in [9.17, 15) is 13.8 Å². The van der Waals surface area contributed by atoms with E-state index in [4.69, 9.17) is 4.52 Å². The molecule has 0 saturated heterocycles. The van der Waals surface area contributed by atoms with Gasteiger partial charge in [0.05, 0.1) is 19.3 Å². The molecule has 0 fully saturated rings. The summed E-state index contributed by atoms with van der Waals surface area (Å²) in [4.78, 5) is 11.3. The SMILES string of the molecule is CCOP(=O)(O)Cc1ccc(Cn2nnc(-c3cccc(C#CCc4ccc(F)cc4)c3)n2)cc1. The van der Waals surface area contributed by atoms with Crippen molar-refractivity contribution in [3.63, 3.8) is 0 Å². The molecule has 1 N–H and O–H groups in total. The van der Waals surface area contributed by atoms with Gasteiger partial charge in [-0.05, 0) is 53.1 Å². The Morgan fingerprint density at radius 1 is 1.03 bits per heavy atom. The van der Waals surface area contributed by atoms with Gasteiger partial charge in [0.1, 0.15) is 5.82 Å². The van der Waals surface area contributed by atoms with E-state index in [1.807, 2.05) is 36.4 Å². The average molecular weight is 490 g/mol.